The lowest BCUT2D eigenvalue weighted by molar-refractivity contribution is 0.415. The fraction of sp³-hybridized carbons (Fsp3) is 0.112. The lowest BCUT2D eigenvalue weighted by Gasteiger charge is -2.11. The maximum absolute atomic E-state index is 14.3. The fourth-order valence-corrected chi connectivity index (χ4v) is 17.3. The van der Waals surface area contributed by atoms with Crippen LogP contribution in [0, 0.1) is 24.1 Å². The summed E-state index contributed by atoms with van der Waals surface area (Å²) in [5.74, 6) is 1.52. The molecule has 1 fully saturated rings. The lowest BCUT2D eigenvalue weighted by atomic mass is 9.97. The number of hydrogen-bond donors (Lipinski definition) is 1. The van der Waals surface area contributed by atoms with E-state index in [4.69, 9.17) is 10.00 Å². The van der Waals surface area contributed by atoms with Crippen molar-refractivity contribution in [2.24, 2.45) is 30.0 Å². The minimum absolute atomic E-state index is 0.230. The number of nitriles is 1. The smallest absolute Gasteiger partial charge is 0.132 e. The summed E-state index contributed by atoms with van der Waals surface area (Å²) in [6.45, 7) is 8.10. The molecule has 138 heavy (non-hydrogen) atoms. The number of hydrogen-bond acceptors (Lipinski definition) is 21. The Morgan fingerprint density at radius 1 is 0.319 bits per heavy atom. The standard InChI is InChI=1S/C21H17N3.C20H17N3.C19H14FN3.C19H12N4.C19H15N3O.C18H13N3O/c1-3-15(14-6-7-14)9-16(4-1)21-19(5-2-8-23-21)17-10-18-11-22-13-20(18)24-12-17;1-2-14-5-3-6-15(9-14)20-18(7-4-8-22-20)16-10-17-11-21-13-19(17)23-12-16;1-12-4-5-17(20)16(7-12)19-15(3-2-6-22-19)13-8-14-9-21-11-18(14)23-10-13;20-9-13-3-1-4-14(7-13)19-17(5-2-6-22-19)15-8-16-10-21-12-18(16)23-11-15;1-23-16-5-2-4-13(9-16)19-17(6-3-7-21-19)14-8-15-10-20-12-18(15)22-11-14;22-15-4-1-3-12(8-15)18-16(5-2-6-20-18)13-7-14-9-19-11-17(14)21-10-13/h1-5,8-12,14H,6-7,13H2;3-12H,2,13H2,1H3;2-10H,11H2,1H3;1-8,10-11H,12H2;2-11H,12H2,1H3;1-10,22H,11H2. The Hall–Kier alpha value is -17.8. The van der Waals surface area contributed by atoms with Gasteiger partial charge >= 0.3 is 0 Å². The first-order valence-electron chi connectivity index (χ1n) is 45.5. The minimum Gasteiger partial charge on any atom is -0.508 e. The van der Waals surface area contributed by atoms with Crippen LogP contribution in [0.25, 0.3) is 134 Å². The molecule has 22 heteroatoms. The molecule has 12 aromatic heterocycles. The van der Waals surface area contributed by atoms with Gasteiger partial charge in [0.25, 0.3) is 0 Å². The molecule has 18 aromatic rings. The average molecular weight is 1800 g/mol. The van der Waals surface area contributed by atoms with Crippen molar-refractivity contribution >= 4 is 37.3 Å². The number of aromatic hydroxyl groups is 1. The van der Waals surface area contributed by atoms with Gasteiger partial charge in [-0.05, 0) is 177 Å². The third kappa shape index (κ3) is 19.8. The van der Waals surface area contributed by atoms with Crippen LogP contribution in [0.4, 0.5) is 4.39 Å². The molecule has 1 aliphatic carbocycles. The monoisotopic (exact) mass is 1800 g/mol. The zero-order chi connectivity index (χ0) is 93.6. The Morgan fingerprint density at radius 3 is 1.01 bits per heavy atom. The number of rotatable bonds is 15. The predicted molar refractivity (Wildman–Crippen MR) is 544 cm³/mol. The van der Waals surface area contributed by atoms with E-state index in [1.165, 1.54) is 35.6 Å². The van der Waals surface area contributed by atoms with Crippen LogP contribution in [-0.2, 0) is 45.7 Å². The van der Waals surface area contributed by atoms with Crippen LogP contribution in [0.15, 0.2) is 353 Å². The van der Waals surface area contributed by atoms with Crippen molar-refractivity contribution in [3.8, 4) is 152 Å². The molecule has 0 unspecified atom stereocenters. The molecular formula is C116H88FN19O2. The molecular weight excluding hydrogens is 1710 g/mol. The Morgan fingerprint density at radius 2 is 0.645 bits per heavy atom. The van der Waals surface area contributed by atoms with Crippen LogP contribution < -0.4 is 4.74 Å². The molecule has 1 N–H and O–H groups in total. The second-order valence-corrected chi connectivity index (χ2v) is 33.7. The van der Waals surface area contributed by atoms with Crippen LogP contribution in [-0.4, -0.2) is 109 Å². The van der Waals surface area contributed by atoms with Gasteiger partial charge in [0.2, 0.25) is 0 Å². The van der Waals surface area contributed by atoms with Crippen LogP contribution in [0.5, 0.6) is 11.5 Å². The van der Waals surface area contributed by atoms with E-state index < -0.39 is 0 Å². The molecule has 6 aliphatic heterocycles. The third-order valence-electron chi connectivity index (χ3n) is 24.5. The van der Waals surface area contributed by atoms with E-state index in [-0.39, 0.29) is 11.6 Å². The third-order valence-corrected chi connectivity index (χ3v) is 24.5. The summed E-state index contributed by atoms with van der Waals surface area (Å²) in [5.41, 5.74) is 40.1. The zero-order valence-corrected chi connectivity index (χ0v) is 75.7. The van der Waals surface area contributed by atoms with Crippen molar-refractivity contribution in [3.05, 3.63) is 419 Å². The minimum atomic E-state index is -0.272. The second-order valence-electron chi connectivity index (χ2n) is 33.7. The summed E-state index contributed by atoms with van der Waals surface area (Å²) >= 11 is 0. The highest BCUT2D eigenvalue weighted by Crippen LogP contribution is 2.44. The summed E-state index contributed by atoms with van der Waals surface area (Å²) in [6.07, 6.45) is 36.9. The van der Waals surface area contributed by atoms with Gasteiger partial charge in [0.15, 0.2) is 0 Å². The molecule has 6 aromatic carbocycles. The number of aromatic nitrogens is 12. The van der Waals surface area contributed by atoms with Crippen LogP contribution >= 0.6 is 0 Å². The number of fused-ring (bicyclic) bond motifs is 6. The van der Waals surface area contributed by atoms with Gasteiger partial charge in [-0.3, -0.25) is 89.8 Å². The lowest BCUT2D eigenvalue weighted by Crippen LogP contribution is -1.95. The van der Waals surface area contributed by atoms with Gasteiger partial charge in [-0.15, -0.1) is 0 Å². The SMILES string of the molecule is C1=NCc2ncc(-c3cccnc3-c3cccc(C4CC4)c3)cc21.CCc1cccc(-c2ncccc2-c2cnc3c(c2)C=NC3)c1.COc1cccc(-c2ncccc2-c2cnc3c(c2)C=NC3)c1.Cc1ccc(F)c(-c2ncccc2-c2cnc3c(c2)C=NC3)c1.N#Cc1cccc(-c2ncccc2-c2cnc3c(c2)C=NC3)c1.Oc1cccc(-c2ncccc2-c2cnc3c(c2)C=NC3)c1. The molecule has 1 saturated carbocycles. The maximum atomic E-state index is 14.3. The average Bonchev–Trinajstić information content (AvgIpc) is 1.35. The number of phenolic OH excluding ortho intramolecular Hbond substituents is 1. The predicted octanol–water partition coefficient (Wildman–Crippen LogP) is 23.9. The molecule has 0 spiro atoms. The Bertz CT molecular complexity index is 7780. The quantitative estimate of drug-likeness (QED) is 0.0998. The second kappa shape index (κ2) is 40.7. The van der Waals surface area contributed by atoms with E-state index in [0.717, 1.165) is 209 Å². The number of phenols is 1. The molecule has 0 bridgehead atoms. The highest BCUT2D eigenvalue weighted by Gasteiger charge is 2.26. The first-order chi connectivity index (χ1) is 68.0. The molecule has 7 aliphatic rings. The van der Waals surface area contributed by atoms with Crippen LogP contribution in [0.1, 0.15) is 115 Å². The van der Waals surface area contributed by atoms with Crippen molar-refractivity contribution in [2.45, 2.75) is 78.3 Å². The molecule has 0 saturated heterocycles. The Labute approximate surface area is 797 Å². The molecule has 0 amide bonds. The van der Waals surface area contributed by atoms with Gasteiger partial charge < -0.3 is 9.84 Å². The maximum Gasteiger partial charge on any atom is 0.132 e. The first-order valence-corrected chi connectivity index (χ1v) is 45.5. The van der Waals surface area contributed by atoms with E-state index in [1.54, 1.807) is 56.2 Å². The number of nitrogens with zero attached hydrogens (tertiary/aromatic N) is 19. The molecule has 18 heterocycles. The van der Waals surface area contributed by atoms with Crippen molar-refractivity contribution < 1.29 is 14.2 Å². The number of aliphatic imine (C=N–C) groups is 6. The van der Waals surface area contributed by atoms with Crippen LogP contribution in [0.2, 0.25) is 0 Å². The number of ether oxygens (including phenoxy) is 1. The molecule has 25 rings (SSSR count). The van der Waals surface area contributed by atoms with Crippen molar-refractivity contribution in [2.75, 3.05) is 7.11 Å². The highest BCUT2D eigenvalue weighted by atomic mass is 19.1. The molecule has 666 valence electrons. The summed E-state index contributed by atoms with van der Waals surface area (Å²) < 4.78 is 19.6. The summed E-state index contributed by atoms with van der Waals surface area (Å²) in [5, 5.41) is 18.8. The normalized spacial score (nSPS) is 12.8. The van der Waals surface area contributed by atoms with E-state index in [0.29, 0.717) is 56.1 Å². The summed E-state index contributed by atoms with van der Waals surface area (Å²) in [7, 11) is 1.67. The van der Waals surface area contributed by atoms with E-state index in [2.05, 4.69) is 200 Å². The molecule has 0 atom stereocenters. The van der Waals surface area contributed by atoms with Gasteiger partial charge in [0, 0.05) is 245 Å². The topological polar surface area (TPSA) is 282 Å². The summed E-state index contributed by atoms with van der Waals surface area (Å²) in [6, 6.07) is 83.7. The number of methoxy groups -OCH3 is 1. The zero-order valence-electron chi connectivity index (χ0n) is 75.7. The van der Waals surface area contributed by atoms with Gasteiger partial charge in [-0.1, -0.05) is 128 Å². The van der Waals surface area contributed by atoms with Gasteiger partial charge in [0.05, 0.1) is 126 Å². The van der Waals surface area contributed by atoms with Crippen molar-refractivity contribution in [3.63, 3.8) is 0 Å². The number of aryl methyl sites for hydroxylation is 2. The van der Waals surface area contributed by atoms with E-state index in [1.807, 2.05) is 215 Å². The molecule has 0 radical (unpaired) electrons. The van der Waals surface area contributed by atoms with Crippen molar-refractivity contribution in [1.29, 1.82) is 5.26 Å². The van der Waals surface area contributed by atoms with Gasteiger partial charge in [-0.2, -0.15) is 5.26 Å². The first kappa shape index (κ1) is 88.1. The van der Waals surface area contributed by atoms with Gasteiger partial charge in [0.1, 0.15) is 17.3 Å². The largest absolute Gasteiger partial charge is 0.508 e. The van der Waals surface area contributed by atoms with Crippen LogP contribution in [0.3, 0.4) is 0 Å². The van der Waals surface area contributed by atoms with E-state index >= 15 is 0 Å². The molecule has 21 nitrogen and oxygen atoms in total. The number of pyridine rings is 12. The Balaban J connectivity index is 0.000000102. The van der Waals surface area contributed by atoms with Crippen molar-refractivity contribution in [1.82, 2.24) is 59.8 Å². The Kier molecular flexibility index (Phi) is 26.0. The van der Waals surface area contributed by atoms with E-state index in [9.17, 15) is 9.50 Å². The van der Waals surface area contributed by atoms with Gasteiger partial charge in [-0.25, -0.2) is 4.39 Å². The highest BCUT2D eigenvalue weighted by molar-refractivity contribution is 5.95. The fourth-order valence-electron chi connectivity index (χ4n) is 17.3. The summed E-state index contributed by atoms with van der Waals surface area (Å²) in [4.78, 5) is 80.0. The number of halogens is 1. The number of benzene rings is 6.